The van der Waals surface area contributed by atoms with Crippen molar-refractivity contribution in [2.45, 2.75) is 55.9 Å². The molecule has 0 radical (unpaired) electrons. The molecule has 1 aromatic heterocycles. The third kappa shape index (κ3) is 4.28. The number of nitriles is 1. The third-order valence-corrected chi connectivity index (χ3v) is 9.97. The van der Waals surface area contributed by atoms with Gasteiger partial charge in [0.2, 0.25) is 0 Å². The summed E-state index contributed by atoms with van der Waals surface area (Å²) in [6.07, 6.45) is 3.58. The lowest BCUT2D eigenvalue weighted by atomic mass is 9.91. The van der Waals surface area contributed by atoms with Gasteiger partial charge in [0, 0.05) is 54.7 Å². The van der Waals surface area contributed by atoms with Crippen LogP contribution in [0.3, 0.4) is 0 Å². The van der Waals surface area contributed by atoms with E-state index in [1.165, 1.54) is 0 Å². The molecule has 4 unspecified atom stereocenters. The minimum Gasteiger partial charge on any atom is -0.461 e. The van der Waals surface area contributed by atoms with Crippen LogP contribution in [0.1, 0.15) is 37.7 Å². The largest absolute Gasteiger partial charge is 0.461 e. The number of nitrogens with one attached hydrogen (secondary N) is 1. The molecule has 10 heteroatoms. The highest BCUT2D eigenvalue weighted by atomic mass is 19.1. The number of nitrogens with zero attached hydrogens (tertiary/aromatic N) is 5. The number of hydrogen-bond acceptors (Lipinski definition) is 8. The van der Waals surface area contributed by atoms with Crippen LogP contribution in [0.15, 0.2) is 42.5 Å². The number of aromatic nitrogens is 2. The highest BCUT2D eigenvalue weighted by Gasteiger charge is 2.49. The maximum Gasteiger partial charge on any atom is 0.319 e. The van der Waals surface area contributed by atoms with Crippen LogP contribution in [0.4, 0.5) is 20.3 Å². The first-order valence-electron chi connectivity index (χ1n) is 15.2. The standard InChI is InChI=1S/C33H33F2N7O/c34-20-13-33(10-3-11-42(33)15-20)18-43-32-39-30-25(31(40-32)41-16-21-6-7-22(17-41)38-21)9-8-24(29(30)35)28-23-5-2-1-4-19(23)12-27(37)26(28)14-36/h1-2,4-5,8-9,12,20-22,38H,3,6-7,10-11,13,15-18,37H2. The van der Waals surface area contributed by atoms with Gasteiger partial charge >= 0.3 is 6.01 Å². The Bertz CT molecular complexity index is 1800. The Balaban J connectivity index is 1.28. The van der Waals surface area contributed by atoms with Crippen molar-refractivity contribution in [2.24, 2.45) is 0 Å². The number of rotatable bonds is 5. The minimum absolute atomic E-state index is 0.0888. The topological polar surface area (TPSA) is 103 Å². The van der Waals surface area contributed by atoms with Gasteiger partial charge in [0.25, 0.3) is 0 Å². The molecule has 2 bridgehead atoms. The molecule has 0 aliphatic carbocycles. The van der Waals surface area contributed by atoms with Gasteiger partial charge in [0.15, 0.2) is 5.82 Å². The number of hydrogen-bond donors (Lipinski definition) is 2. The normalized spacial score (nSPS) is 26.7. The smallest absolute Gasteiger partial charge is 0.319 e. The van der Waals surface area contributed by atoms with E-state index in [1.54, 1.807) is 12.1 Å². The number of anilines is 2. The van der Waals surface area contributed by atoms with E-state index in [4.69, 9.17) is 15.5 Å². The number of fused-ring (bicyclic) bond motifs is 5. The van der Waals surface area contributed by atoms with Gasteiger partial charge < -0.3 is 20.7 Å². The van der Waals surface area contributed by atoms with Crippen molar-refractivity contribution in [3.05, 3.63) is 53.8 Å². The fourth-order valence-corrected chi connectivity index (χ4v) is 8.01. The van der Waals surface area contributed by atoms with E-state index in [-0.39, 0.29) is 34.8 Å². The van der Waals surface area contributed by atoms with E-state index in [1.807, 2.05) is 30.3 Å². The number of benzene rings is 3. The van der Waals surface area contributed by atoms with Crippen molar-refractivity contribution >= 4 is 33.2 Å². The number of alkyl halides is 1. The quantitative estimate of drug-likeness (QED) is 0.320. The Morgan fingerprint density at radius 2 is 1.91 bits per heavy atom. The van der Waals surface area contributed by atoms with E-state index >= 15 is 4.39 Å². The van der Waals surface area contributed by atoms with Crippen molar-refractivity contribution in [1.82, 2.24) is 20.2 Å². The average Bonchev–Trinajstić information content (AvgIpc) is 3.65. The first kappa shape index (κ1) is 26.5. The summed E-state index contributed by atoms with van der Waals surface area (Å²) in [5, 5.41) is 15.9. The Morgan fingerprint density at radius 1 is 1.09 bits per heavy atom. The number of ether oxygens (including phenoxy) is 1. The molecule has 8 nitrogen and oxygen atoms in total. The molecule has 4 aromatic rings. The molecule has 4 atom stereocenters. The lowest BCUT2D eigenvalue weighted by Crippen LogP contribution is -2.51. The summed E-state index contributed by atoms with van der Waals surface area (Å²) in [7, 11) is 0. The van der Waals surface area contributed by atoms with Crippen LogP contribution < -0.4 is 20.7 Å². The molecular formula is C33H33F2N7O. The summed E-state index contributed by atoms with van der Waals surface area (Å²) in [4.78, 5) is 13.9. The molecule has 4 aliphatic rings. The molecule has 8 rings (SSSR count). The second kappa shape index (κ2) is 10.00. The molecule has 3 N–H and O–H groups in total. The van der Waals surface area contributed by atoms with Crippen LogP contribution in [0.25, 0.3) is 32.8 Å². The molecule has 0 saturated carbocycles. The van der Waals surface area contributed by atoms with Gasteiger partial charge in [-0.1, -0.05) is 30.3 Å². The lowest BCUT2D eigenvalue weighted by Gasteiger charge is -2.34. The maximum atomic E-state index is 16.8. The number of piperazine rings is 1. The van der Waals surface area contributed by atoms with Crippen molar-refractivity contribution in [3.8, 4) is 23.2 Å². The highest BCUT2D eigenvalue weighted by Crippen LogP contribution is 2.42. The van der Waals surface area contributed by atoms with Gasteiger partial charge in [0.05, 0.1) is 16.8 Å². The Hall–Kier alpha value is -4.07. The van der Waals surface area contributed by atoms with Gasteiger partial charge in [0.1, 0.15) is 30.2 Å². The van der Waals surface area contributed by atoms with E-state index in [0.29, 0.717) is 47.5 Å². The van der Waals surface area contributed by atoms with Crippen LogP contribution in [-0.4, -0.2) is 71.4 Å². The van der Waals surface area contributed by atoms with Crippen LogP contribution >= 0.6 is 0 Å². The molecule has 3 aromatic carbocycles. The second-order valence-corrected chi connectivity index (χ2v) is 12.6. The fraction of sp³-hybridized carbons (Fsp3) is 0.424. The van der Waals surface area contributed by atoms with Gasteiger partial charge in [-0.05, 0) is 55.1 Å². The van der Waals surface area contributed by atoms with Gasteiger partial charge in [-0.3, -0.25) is 4.90 Å². The average molecular weight is 582 g/mol. The number of nitrogen functional groups attached to an aromatic ring is 1. The summed E-state index contributed by atoms with van der Waals surface area (Å²) in [6.45, 7) is 3.04. The molecular weight excluding hydrogens is 548 g/mol. The molecule has 220 valence electrons. The van der Waals surface area contributed by atoms with Gasteiger partial charge in [-0.2, -0.15) is 15.2 Å². The zero-order chi connectivity index (χ0) is 29.3. The molecule has 4 aliphatic heterocycles. The predicted octanol–water partition coefficient (Wildman–Crippen LogP) is 4.94. The lowest BCUT2D eigenvalue weighted by molar-refractivity contribution is 0.107. The predicted molar refractivity (Wildman–Crippen MR) is 162 cm³/mol. The number of halogens is 2. The van der Waals surface area contributed by atoms with E-state index in [0.717, 1.165) is 56.1 Å². The van der Waals surface area contributed by atoms with Gasteiger partial charge in [-0.25, -0.2) is 8.78 Å². The Kier molecular flexibility index (Phi) is 6.17. The monoisotopic (exact) mass is 581 g/mol. The highest BCUT2D eigenvalue weighted by molar-refractivity contribution is 6.05. The molecule has 0 spiro atoms. The van der Waals surface area contributed by atoms with E-state index in [9.17, 15) is 9.65 Å². The molecule has 43 heavy (non-hydrogen) atoms. The second-order valence-electron chi connectivity index (χ2n) is 12.6. The third-order valence-electron chi connectivity index (χ3n) is 9.97. The Morgan fingerprint density at radius 3 is 2.72 bits per heavy atom. The first-order valence-corrected chi connectivity index (χ1v) is 15.2. The van der Waals surface area contributed by atoms with Crippen LogP contribution in [0, 0.1) is 17.1 Å². The zero-order valence-electron chi connectivity index (χ0n) is 23.8. The van der Waals surface area contributed by atoms with Crippen molar-refractivity contribution in [1.29, 1.82) is 5.26 Å². The van der Waals surface area contributed by atoms with Crippen LogP contribution in [-0.2, 0) is 0 Å². The minimum atomic E-state index is -0.879. The van der Waals surface area contributed by atoms with Crippen LogP contribution in [0.2, 0.25) is 0 Å². The maximum absolute atomic E-state index is 16.8. The SMILES string of the molecule is N#Cc1c(N)cc2ccccc2c1-c1ccc2c(N3CC4CCC(C3)N4)nc(OCC34CCCN3CC(F)C4)nc2c1F. The van der Waals surface area contributed by atoms with Crippen molar-refractivity contribution in [2.75, 3.05) is 43.4 Å². The van der Waals surface area contributed by atoms with E-state index in [2.05, 4.69) is 26.2 Å². The van der Waals surface area contributed by atoms with Crippen molar-refractivity contribution < 1.29 is 13.5 Å². The molecule has 4 saturated heterocycles. The first-order chi connectivity index (χ1) is 20.9. The van der Waals surface area contributed by atoms with E-state index < -0.39 is 12.0 Å². The van der Waals surface area contributed by atoms with Gasteiger partial charge in [-0.15, -0.1) is 0 Å². The fourth-order valence-electron chi connectivity index (χ4n) is 8.01. The molecule has 5 heterocycles. The summed E-state index contributed by atoms with van der Waals surface area (Å²) < 4.78 is 37.6. The van der Waals surface area contributed by atoms with Crippen molar-refractivity contribution in [3.63, 3.8) is 0 Å². The summed E-state index contributed by atoms with van der Waals surface area (Å²) in [6, 6.07) is 15.8. The zero-order valence-corrected chi connectivity index (χ0v) is 23.8. The molecule has 4 fully saturated rings. The summed E-state index contributed by atoms with van der Waals surface area (Å²) >= 11 is 0. The van der Waals surface area contributed by atoms with Crippen LogP contribution in [0.5, 0.6) is 6.01 Å². The number of nitrogens with two attached hydrogens (primary N) is 1. The Labute approximate surface area is 248 Å². The summed E-state index contributed by atoms with van der Waals surface area (Å²) in [5.41, 5.74) is 7.26. The summed E-state index contributed by atoms with van der Waals surface area (Å²) in [5.74, 6) is 0.0825. The molecule has 0 amide bonds.